The number of carbonyl (C=O) groups excluding carboxylic acids is 1. The standard InChI is InChI=1S/C16H16N2O2S/c19-10-9-18-14-8-4-7-13(14)15(20)17-16(18)21-11-12-5-2-1-3-6-12/h1-3,5-6,10H,4,7-9,11H2. The Labute approximate surface area is 127 Å². The minimum atomic E-state index is -0.125. The van der Waals surface area contributed by atoms with Gasteiger partial charge in [-0.25, -0.2) is 0 Å². The summed E-state index contributed by atoms with van der Waals surface area (Å²) in [4.78, 5) is 27.2. The maximum absolute atomic E-state index is 12.1. The van der Waals surface area contributed by atoms with Crippen LogP contribution >= 0.6 is 11.8 Å². The summed E-state index contributed by atoms with van der Waals surface area (Å²) in [5, 5.41) is 0.650. The smallest absolute Gasteiger partial charge is 0.277 e. The van der Waals surface area contributed by atoms with Crippen LogP contribution in [0.1, 0.15) is 23.2 Å². The van der Waals surface area contributed by atoms with Crippen molar-refractivity contribution in [3.05, 3.63) is 57.5 Å². The van der Waals surface area contributed by atoms with Gasteiger partial charge < -0.3 is 9.36 Å². The van der Waals surface area contributed by atoms with Gasteiger partial charge >= 0.3 is 0 Å². The second-order valence-corrected chi connectivity index (χ2v) is 5.97. The highest BCUT2D eigenvalue weighted by molar-refractivity contribution is 7.98. The second-order valence-electron chi connectivity index (χ2n) is 5.03. The second kappa shape index (κ2) is 6.26. The monoisotopic (exact) mass is 300 g/mol. The molecule has 21 heavy (non-hydrogen) atoms. The topological polar surface area (TPSA) is 52.0 Å². The van der Waals surface area contributed by atoms with Crippen molar-refractivity contribution in [2.45, 2.75) is 36.7 Å². The SMILES string of the molecule is O=CCn1c(SCc2ccccc2)nc(=O)c2c1CCC2. The first-order chi connectivity index (χ1) is 10.3. The van der Waals surface area contributed by atoms with Gasteiger partial charge in [-0.1, -0.05) is 42.1 Å². The number of benzene rings is 1. The van der Waals surface area contributed by atoms with E-state index in [1.807, 2.05) is 34.9 Å². The molecule has 0 saturated heterocycles. The molecule has 3 rings (SSSR count). The van der Waals surface area contributed by atoms with Gasteiger partial charge in [-0.05, 0) is 24.8 Å². The molecule has 0 amide bonds. The average molecular weight is 300 g/mol. The van der Waals surface area contributed by atoms with Crippen LogP contribution in [0.15, 0.2) is 40.3 Å². The largest absolute Gasteiger partial charge is 0.317 e. The first-order valence-electron chi connectivity index (χ1n) is 7.02. The Bertz CT molecular complexity index is 710. The summed E-state index contributed by atoms with van der Waals surface area (Å²) >= 11 is 1.51. The Kier molecular flexibility index (Phi) is 4.20. The number of rotatable bonds is 5. The molecule has 0 N–H and O–H groups in total. The summed E-state index contributed by atoms with van der Waals surface area (Å²) in [6, 6.07) is 10.0. The fourth-order valence-corrected chi connectivity index (χ4v) is 3.66. The van der Waals surface area contributed by atoms with Crippen molar-refractivity contribution < 1.29 is 4.79 Å². The fraction of sp³-hybridized carbons (Fsp3) is 0.312. The van der Waals surface area contributed by atoms with Gasteiger partial charge in [-0.2, -0.15) is 4.98 Å². The molecule has 1 aliphatic carbocycles. The highest BCUT2D eigenvalue weighted by atomic mass is 32.2. The minimum Gasteiger partial charge on any atom is -0.317 e. The number of hydrogen-bond donors (Lipinski definition) is 0. The Morgan fingerprint density at radius 3 is 2.81 bits per heavy atom. The molecule has 5 heteroatoms. The zero-order valence-corrected chi connectivity index (χ0v) is 12.4. The predicted octanol–water partition coefficient (Wildman–Crippen LogP) is 2.22. The average Bonchev–Trinajstić information content (AvgIpc) is 3.00. The quantitative estimate of drug-likeness (QED) is 0.483. The van der Waals surface area contributed by atoms with Crippen molar-refractivity contribution in [2.24, 2.45) is 0 Å². The molecule has 0 aliphatic heterocycles. The van der Waals surface area contributed by atoms with Crippen molar-refractivity contribution in [3.63, 3.8) is 0 Å². The van der Waals surface area contributed by atoms with Crippen molar-refractivity contribution >= 4 is 18.0 Å². The molecular formula is C16H16N2O2S. The number of fused-ring (bicyclic) bond motifs is 1. The molecule has 108 valence electrons. The van der Waals surface area contributed by atoms with Crippen LogP contribution in [0.2, 0.25) is 0 Å². The number of carbonyl (C=O) groups is 1. The molecule has 0 radical (unpaired) electrons. The first kappa shape index (κ1) is 14.1. The fourth-order valence-electron chi connectivity index (χ4n) is 2.68. The molecule has 0 saturated carbocycles. The van der Waals surface area contributed by atoms with E-state index in [0.29, 0.717) is 5.16 Å². The Hall–Kier alpha value is -1.88. The van der Waals surface area contributed by atoms with Crippen LogP contribution in [0.25, 0.3) is 0 Å². The van der Waals surface area contributed by atoms with Crippen LogP contribution in [0.5, 0.6) is 0 Å². The molecule has 1 aliphatic rings. The van der Waals surface area contributed by atoms with E-state index in [1.165, 1.54) is 17.3 Å². The number of aldehydes is 1. The van der Waals surface area contributed by atoms with E-state index in [9.17, 15) is 9.59 Å². The van der Waals surface area contributed by atoms with E-state index >= 15 is 0 Å². The minimum absolute atomic E-state index is 0.125. The summed E-state index contributed by atoms with van der Waals surface area (Å²) in [7, 11) is 0. The van der Waals surface area contributed by atoms with Gasteiger partial charge in [0.05, 0.1) is 6.54 Å². The van der Waals surface area contributed by atoms with Crippen molar-refractivity contribution in [3.8, 4) is 0 Å². The van der Waals surface area contributed by atoms with E-state index < -0.39 is 0 Å². The molecule has 0 bridgehead atoms. The van der Waals surface area contributed by atoms with E-state index in [4.69, 9.17) is 0 Å². The summed E-state index contributed by atoms with van der Waals surface area (Å²) in [6.07, 6.45) is 3.48. The third kappa shape index (κ3) is 2.93. The molecular weight excluding hydrogens is 284 g/mol. The van der Waals surface area contributed by atoms with Gasteiger partial charge in [0, 0.05) is 17.0 Å². The van der Waals surface area contributed by atoms with Gasteiger partial charge in [-0.3, -0.25) is 4.79 Å². The van der Waals surface area contributed by atoms with Crippen LogP contribution in [0.4, 0.5) is 0 Å². The number of hydrogen-bond acceptors (Lipinski definition) is 4. The molecule has 0 spiro atoms. The Morgan fingerprint density at radius 2 is 2.05 bits per heavy atom. The van der Waals surface area contributed by atoms with E-state index in [2.05, 4.69) is 4.98 Å². The third-order valence-electron chi connectivity index (χ3n) is 3.67. The van der Waals surface area contributed by atoms with Gasteiger partial charge in [0.2, 0.25) is 0 Å². The summed E-state index contributed by atoms with van der Waals surface area (Å²) in [6.45, 7) is 0.271. The highest BCUT2D eigenvalue weighted by Gasteiger charge is 2.21. The Morgan fingerprint density at radius 1 is 1.24 bits per heavy atom. The highest BCUT2D eigenvalue weighted by Crippen LogP contribution is 2.25. The molecule has 1 aromatic carbocycles. The van der Waals surface area contributed by atoms with E-state index in [1.54, 1.807) is 0 Å². The van der Waals surface area contributed by atoms with Crippen LogP contribution in [-0.2, 0) is 29.9 Å². The maximum atomic E-state index is 12.1. The lowest BCUT2D eigenvalue weighted by Crippen LogP contribution is -2.22. The molecule has 1 heterocycles. The molecule has 4 nitrogen and oxygen atoms in total. The number of aromatic nitrogens is 2. The molecule has 1 aromatic heterocycles. The van der Waals surface area contributed by atoms with Gasteiger partial charge in [0.15, 0.2) is 5.16 Å². The van der Waals surface area contributed by atoms with Crippen LogP contribution in [0, 0.1) is 0 Å². The normalized spacial score (nSPS) is 13.1. The van der Waals surface area contributed by atoms with E-state index in [-0.39, 0.29) is 12.1 Å². The van der Waals surface area contributed by atoms with E-state index in [0.717, 1.165) is 42.6 Å². The third-order valence-corrected chi connectivity index (χ3v) is 4.72. The van der Waals surface area contributed by atoms with Gasteiger partial charge in [-0.15, -0.1) is 0 Å². The van der Waals surface area contributed by atoms with Crippen molar-refractivity contribution in [1.82, 2.24) is 9.55 Å². The van der Waals surface area contributed by atoms with Crippen LogP contribution < -0.4 is 5.56 Å². The van der Waals surface area contributed by atoms with Gasteiger partial charge in [0.1, 0.15) is 6.29 Å². The van der Waals surface area contributed by atoms with Gasteiger partial charge in [0.25, 0.3) is 5.56 Å². The van der Waals surface area contributed by atoms with Crippen LogP contribution in [-0.4, -0.2) is 15.8 Å². The van der Waals surface area contributed by atoms with Crippen molar-refractivity contribution in [1.29, 1.82) is 0 Å². The molecule has 0 fully saturated rings. The number of thioether (sulfide) groups is 1. The zero-order valence-electron chi connectivity index (χ0n) is 11.6. The lowest BCUT2D eigenvalue weighted by molar-refractivity contribution is -0.108. The molecule has 0 unspecified atom stereocenters. The molecule has 0 atom stereocenters. The zero-order chi connectivity index (χ0) is 14.7. The summed E-state index contributed by atoms with van der Waals surface area (Å²) in [5.74, 6) is 0.741. The van der Waals surface area contributed by atoms with Crippen LogP contribution in [0.3, 0.4) is 0 Å². The molecule has 2 aromatic rings. The Balaban J connectivity index is 1.92. The lowest BCUT2D eigenvalue weighted by Gasteiger charge is -2.14. The summed E-state index contributed by atoms with van der Waals surface area (Å²) < 4.78 is 1.91. The number of nitrogens with zero attached hydrogens (tertiary/aromatic N) is 2. The lowest BCUT2D eigenvalue weighted by atomic mass is 10.2. The predicted molar refractivity (Wildman–Crippen MR) is 82.6 cm³/mol. The maximum Gasteiger partial charge on any atom is 0.277 e. The summed E-state index contributed by atoms with van der Waals surface area (Å²) in [5.41, 5.74) is 2.84. The first-order valence-corrected chi connectivity index (χ1v) is 8.01. The van der Waals surface area contributed by atoms with Crippen molar-refractivity contribution in [2.75, 3.05) is 0 Å².